The van der Waals surface area contributed by atoms with Crippen molar-refractivity contribution in [1.29, 1.82) is 0 Å². The van der Waals surface area contributed by atoms with Crippen molar-refractivity contribution >= 4 is 26.8 Å². The molecule has 3 aromatic rings. The van der Waals surface area contributed by atoms with Crippen LogP contribution in [0, 0.1) is 0 Å². The molecule has 7 heteroatoms. The molecule has 4 rings (SSSR count). The summed E-state index contributed by atoms with van der Waals surface area (Å²) in [6.45, 7) is 2.12. The van der Waals surface area contributed by atoms with E-state index in [0.29, 0.717) is 17.5 Å². The molecule has 3 aromatic carbocycles. The monoisotopic (exact) mass is 480 g/mol. The number of benzene rings is 3. The fourth-order valence-corrected chi connectivity index (χ4v) is 5.38. The van der Waals surface area contributed by atoms with Gasteiger partial charge in [-0.1, -0.05) is 61.0 Å². The van der Waals surface area contributed by atoms with Crippen LogP contribution in [0.15, 0.2) is 66.7 Å². The number of hydrogen-bond acceptors (Lipinski definition) is 4. The maximum atomic E-state index is 12.2. The van der Waals surface area contributed by atoms with Gasteiger partial charge in [-0.25, -0.2) is 0 Å². The molecule has 1 saturated carbocycles. The quantitative estimate of drug-likeness (QED) is 0.401. The van der Waals surface area contributed by atoms with Crippen molar-refractivity contribution in [2.75, 3.05) is 12.3 Å². The van der Waals surface area contributed by atoms with Gasteiger partial charge in [0, 0.05) is 24.2 Å². The maximum absolute atomic E-state index is 12.2. The van der Waals surface area contributed by atoms with Gasteiger partial charge in [-0.05, 0) is 66.1 Å². The van der Waals surface area contributed by atoms with Crippen LogP contribution < -0.4 is 10.6 Å². The molecule has 6 nitrogen and oxygen atoms in total. The van der Waals surface area contributed by atoms with Gasteiger partial charge in [0.25, 0.3) is 16.0 Å². The maximum Gasteiger partial charge on any atom is 0.266 e. The van der Waals surface area contributed by atoms with Gasteiger partial charge in [-0.15, -0.1) is 0 Å². The lowest BCUT2D eigenvalue weighted by Gasteiger charge is -2.32. The van der Waals surface area contributed by atoms with Gasteiger partial charge in [0.15, 0.2) is 0 Å². The Kier molecular flexibility index (Phi) is 7.66. The summed E-state index contributed by atoms with van der Waals surface area (Å²) >= 11 is 0. The Labute approximate surface area is 201 Å². The minimum absolute atomic E-state index is 0.121. The molecule has 1 aliphatic carbocycles. The standard InChI is InChI=1S/C27H32N2O4S/c1-19(25-11-5-7-21-6-2-3-10-26(21)25)29-24-9-4-8-23(18-24)20-12-14-22(15-13-20)27(30)28-16-17-34(31,32)33/h2-3,5-7,10-15,19,23-24,29H,4,8-9,16-18H2,1H3,(H,28,30)(H,31,32,33)/t19-,23?,24?/m1/s1. The molecule has 1 fully saturated rings. The predicted octanol–water partition coefficient (Wildman–Crippen LogP) is 4.83. The van der Waals surface area contributed by atoms with Crippen molar-refractivity contribution < 1.29 is 17.8 Å². The smallest absolute Gasteiger partial charge is 0.266 e. The van der Waals surface area contributed by atoms with Gasteiger partial charge in [-0.2, -0.15) is 8.42 Å². The molecule has 0 radical (unpaired) electrons. The summed E-state index contributed by atoms with van der Waals surface area (Å²) in [5, 5.41) is 8.94. The van der Waals surface area contributed by atoms with E-state index >= 15 is 0 Å². The van der Waals surface area contributed by atoms with Crippen LogP contribution in [-0.2, 0) is 10.1 Å². The Morgan fingerprint density at radius 3 is 2.53 bits per heavy atom. The second-order valence-corrected chi connectivity index (χ2v) is 10.8. The highest BCUT2D eigenvalue weighted by Crippen LogP contribution is 2.34. The Morgan fingerprint density at radius 1 is 1.03 bits per heavy atom. The van der Waals surface area contributed by atoms with Crippen molar-refractivity contribution in [3.8, 4) is 0 Å². The molecule has 3 atom stereocenters. The molecule has 1 aliphatic rings. The van der Waals surface area contributed by atoms with Gasteiger partial charge < -0.3 is 10.6 Å². The van der Waals surface area contributed by atoms with Gasteiger partial charge in [0.05, 0.1) is 5.75 Å². The van der Waals surface area contributed by atoms with Crippen molar-refractivity contribution in [2.45, 2.75) is 50.6 Å². The zero-order valence-corrected chi connectivity index (χ0v) is 20.2. The normalized spacial score (nSPS) is 19.6. The van der Waals surface area contributed by atoms with Crippen LogP contribution >= 0.6 is 0 Å². The second-order valence-electron chi connectivity index (χ2n) is 9.18. The Hall–Kier alpha value is -2.74. The predicted molar refractivity (Wildman–Crippen MR) is 136 cm³/mol. The zero-order valence-electron chi connectivity index (χ0n) is 19.4. The molecule has 0 saturated heterocycles. The van der Waals surface area contributed by atoms with Gasteiger partial charge >= 0.3 is 0 Å². The van der Waals surface area contributed by atoms with Crippen LogP contribution in [0.4, 0.5) is 0 Å². The molecular weight excluding hydrogens is 448 g/mol. The van der Waals surface area contributed by atoms with Crippen LogP contribution in [-0.4, -0.2) is 37.2 Å². The van der Waals surface area contributed by atoms with Crippen LogP contribution in [0.1, 0.15) is 66.1 Å². The summed E-state index contributed by atoms with van der Waals surface area (Å²) in [6.07, 6.45) is 4.48. The van der Waals surface area contributed by atoms with E-state index in [9.17, 15) is 13.2 Å². The number of amides is 1. The van der Waals surface area contributed by atoms with E-state index in [2.05, 4.69) is 60.0 Å². The third-order valence-corrected chi connectivity index (χ3v) is 7.46. The number of nitrogens with one attached hydrogen (secondary N) is 2. The van der Waals surface area contributed by atoms with Crippen molar-refractivity contribution in [1.82, 2.24) is 10.6 Å². The highest BCUT2D eigenvalue weighted by Gasteiger charge is 2.25. The fourth-order valence-electron chi connectivity index (χ4n) is 5.02. The number of fused-ring (bicyclic) bond motifs is 1. The van der Waals surface area contributed by atoms with Gasteiger partial charge in [-0.3, -0.25) is 9.35 Å². The second kappa shape index (κ2) is 10.7. The third kappa shape index (κ3) is 6.23. The Balaban J connectivity index is 1.36. The largest absolute Gasteiger partial charge is 0.351 e. The van der Waals surface area contributed by atoms with Gasteiger partial charge in [0.1, 0.15) is 0 Å². The van der Waals surface area contributed by atoms with E-state index < -0.39 is 15.9 Å². The first-order valence-corrected chi connectivity index (χ1v) is 13.5. The Morgan fingerprint density at radius 2 is 1.76 bits per heavy atom. The average molecular weight is 481 g/mol. The molecule has 180 valence electrons. The summed E-state index contributed by atoms with van der Waals surface area (Å²) in [5.74, 6) is -0.408. The highest BCUT2D eigenvalue weighted by atomic mass is 32.2. The summed E-state index contributed by atoms with van der Waals surface area (Å²) in [5.41, 5.74) is 3.03. The highest BCUT2D eigenvalue weighted by molar-refractivity contribution is 7.85. The molecule has 0 aliphatic heterocycles. The summed E-state index contributed by atoms with van der Waals surface area (Å²) in [6, 6.07) is 23.2. The van der Waals surface area contributed by atoms with E-state index in [1.807, 2.05) is 12.1 Å². The van der Waals surface area contributed by atoms with E-state index in [0.717, 1.165) is 25.7 Å². The fraction of sp³-hybridized carbons (Fsp3) is 0.370. The van der Waals surface area contributed by atoms with Crippen LogP contribution in [0.5, 0.6) is 0 Å². The van der Waals surface area contributed by atoms with Crippen molar-refractivity contribution in [2.24, 2.45) is 0 Å². The molecule has 3 N–H and O–H groups in total. The molecule has 0 spiro atoms. The topological polar surface area (TPSA) is 95.5 Å². The third-order valence-electron chi connectivity index (χ3n) is 6.74. The number of carbonyl (C=O) groups is 1. The minimum Gasteiger partial charge on any atom is -0.351 e. The lowest BCUT2D eigenvalue weighted by Crippen LogP contribution is -2.35. The first-order chi connectivity index (χ1) is 16.3. The van der Waals surface area contributed by atoms with Crippen LogP contribution in [0.25, 0.3) is 10.8 Å². The first kappa shape index (κ1) is 24.4. The Bertz CT molecular complexity index is 1240. The zero-order chi connectivity index (χ0) is 24.1. The number of rotatable bonds is 8. The number of hydrogen-bond donors (Lipinski definition) is 3. The molecular formula is C27H32N2O4S. The van der Waals surface area contributed by atoms with E-state index in [1.54, 1.807) is 12.1 Å². The first-order valence-electron chi connectivity index (χ1n) is 11.9. The van der Waals surface area contributed by atoms with Crippen LogP contribution in [0.3, 0.4) is 0 Å². The summed E-state index contributed by atoms with van der Waals surface area (Å²) < 4.78 is 30.4. The minimum atomic E-state index is -4.09. The molecule has 2 unspecified atom stereocenters. The van der Waals surface area contributed by atoms with E-state index in [1.165, 1.54) is 21.9 Å². The van der Waals surface area contributed by atoms with E-state index in [-0.39, 0.29) is 18.5 Å². The van der Waals surface area contributed by atoms with Crippen molar-refractivity contribution in [3.05, 3.63) is 83.4 Å². The van der Waals surface area contributed by atoms with Gasteiger partial charge in [0.2, 0.25) is 0 Å². The summed E-state index contributed by atoms with van der Waals surface area (Å²) in [4.78, 5) is 12.2. The lowest BCUT2D eigenvalue weighted by atomic mass is 9.80. The van der Waals surface area contributed by atoms with Crippen LogP contribution in [0.2, 0.25) is 0 Å². The number of carbonyl (C=O) groups excluding carboxylic acids is 1. The molecule has 0 aromatic heterocycles. The molecule has 0 bridgehead atoms. The summed E-state index contributed by atoms with van der Waals surface area (Å²) in [7, 11) is -4.09. The lowest BCUT2D eigenvalue weighted by molar-refractivity contribution is 0.0956. The SMILES string of the molecule is C[C@@H](NC1CCCC(c2ccc(C(=O)NCCS(=O)(=O)O)cc2)C1)c1cccc2ccccc12. The molecule has 34 heavy (non-hydrogen) atoms. The average Bonchev–Trinajstić information content (AvgIpc) is 2.83. The molecule has 1 amide bonds. The van der Waals surface area contributed by atoms with Crippen molar-refractivity contribution in [3.63, 3.8) is 0 Å². The van der Waals surface area contributed by atoms with E-state index in [4.69, 9.17) is 4.55 Å². The molecule has 0 heterocycles.